The van der Waals surface area contributed by atoms with Gasteiger partial charge in [0.1, 0.15) is 34.9 Å². The van der Waals surface area contributed by atoms with Gasteiger partial charge in [-0.15, -0.1) is 0 Å². The van der Waals surface area contributed by atoms with E-state index in [1.54, 1.807) is 40.4 Å². The van der Waals surface area contributed by atoms with Crippen LogP contribution in [0, 0.1) is 17.7 Å². The van der Waals surface area contributed by atoms with Crippen molar-refractivity contribution in [2.45, 2.75) is 84.0 Å². The third kappa shape index (κ3) is 7.66. The van der Waals surface area contributed by atoms with E-state index < -0.39 is 35.5 Å². The number of rotatable bonds is 10. The highest BCUT2D eigenvalue weighted by Crippen LogP contribution is 2.36. The molecule has 0 saturated carbocycles. The molecular formula is C42H48FN7O8. The summed E-state index contributed by atoms with van der Waals surface area (Å²) in [6.45, 7) is 8.43. The van der Waals surface area contributed by atoms with Crippen molar-refractivity contribution >= 4 is 57.2 Å². The van der Waals surface area contributed by atoms with Gasteiger partial charge in [-0.2, -0.15) is 0 Å². The van der Waals surface area contributed by atoms with Crippen LogP contribution in [-0.2, 0) is 19.1 Å². The number of H-pyrrole nitrogens is 1. The first kappa shape index (κ1) is 40.1. The number of hydrogen-bond acceptors (Lipinski definition) is 10. The van der Waals surface area contributed by atoms with Gasteiger partial charge in [0.2, 0.25) is 17.2 Å². The van der Waals surface area contributed by atoms with Crippen molar-refractivity contribution in [1.82, 2.24) is 30.4 Å². The molecule has 2 aromatic heterocycles. The molecule has 15 nitrogen and oxygen atoms in total. The fourth-order valence-electron chi connectivity index (χ4n) is 8.21. The number of ether oxygens (including phenoxy) is 2. The van der Waals surface area contributed by atoms with Crippen LogP contribution in [0.2, 0.25) is 0 Å². The van der Waals surface area contributed by atoms with Crippen LogP contribution in [0.5, 0.6) is 0 Å². The summed E-state index contributed by atoms with van der Waals surface area (Å²) in [4.78, 5) is 81.0. The van der Waals surface area contributed by atoms with Crippen molar-refractivity contribution in [3.8, 4) is 11.3 Å². The molecule has 2 saturated heterocycles. The minimum Gasteiger partial charge on any atom is -0.456 e. The number of fused-ring (bicyclic) bond motifs is 2. The van der Waals surface area contributed by atoms with Crippen LogP contribution < -0.4 is 16.1 Å². The van der Waals surface area contributed by atoms with Crippen molar-refractivity contribution in [3.63, 3.8) is 0 Å². The van der Waals surface area contributed by atoms with Gasteiger partial charge in [0.15, 0.2) is 0 Å². The first-order chi connectivity index (χ1) is 27.8. The summed E-state index contributed by atoms with van der Waals surface area (Å²) >= 11 is 0. The molecule has 4 amide bonds. The molecule has 0 aliphatic carbocycles. The lowest BCUT2D eigenvalue weighted by atomic mass is 9.96. The Hall–Kier alpha value is -6.06. The van der Waals surface area contributed by atoms with E-state index in [2.05, 4.69) is 25.6 Å². The Labute approximate surface area is 334 Å². The van der Waals surface area contributed by atoms with Crippen LogP contribution in [0.25, 0.3) is 38.8 Å². The molecule has 4 aromatic rings. The minimum atomic E-state index is -0.770. The number of carbonyl (C=O) groups is 4. The average Bonchev–Trinajstić information content (AvgIpc) is 4.05. The molecular weight excluding hydrogens is 750 g/mol. The number of allylic oxidation sites excluding steroid dienone is 1. The maximum absolute atomic E-state index is 15.9. The highest BCUT2D eigenvalue weighted by Gasteiger charge is 2.40. The number of aromatic nitrogens is 2. The highest BCUT2D eigenvalue weighted by molar-refractivity contribution is 6.04. The van der Waals surface area contributed by atoms with Gasteiger partial charge in [0.25, 0.3) is 0 Å². The topological polar surface area (TPSA) is 189 Å². The predicted molar refractivity (Wildman–Crippen MR) is 214 cm³/mol. The van der Waals surface area contributed by atoms with Crippen molar-refractivity contribution in [2.24, 2.45) is 16.8 Å². The Balaban J connectivity index is 1.09. The number of aromatic amines is 1. The van der Waals surface area contributed by atoms with Crippen molar-refractivity contribution < 1.29 is 37.5 Å². The number of imidazole rings is 1. The second-order valence-corrected chi connectivity index (χ2v) is 15.7. The zero-order chi connectivity index (χ0) is 41.4. The summed E-state index contributed by atoms with van der Waals surface area (Å²) < 4.78 is 31.6. The number of nitrogens with one attached hydrogen (secondary N) is 3. The molecule has 2 aromatic carbocycles. The highest BCUT2D eigenvalue weighted by atomic mass is 19.1. The van der Waals surface area contributed by atoms with E-state index in [4.69, 9.17) is 13.9 Å². The average molecular weight is 798 g/mol. The predicted octanol–water partition coefficient (Wildman–Crippen LogP) is 6.08. The summed E-state index contributed by atoms with van der Waals surface area (Å²) in [5.74, 6) is -0.811. The van der Waals surface area contributed by atoms with E-state index in [1.165, 1.54) is 26.4 Å². The van der Waals surface area contributed by atoms with E-state index in [0.29, 0.717) is 60.6 Å². The molecule has 16 heteroatoms. The second-order valence-electron chi connectivity index (χ2n) is 15.7. The molecule has 3 N–H and O–H groups in total. The molecule has 58 heavy (non-hydrogen) atoms. The number of likely N-dealkylation sites (tertiary alicyclic amines) is 2. The number of benzene rings is 2. The molecule has 306 valence electrons. The van der Waals surface area contributed by atoms with Crippen LogP contribution in [0.4, 0.5) is 14.0 Å². The molecule has 7 rings (SSSR count). The largest absolute Gasteiger partial charge is 0.456 e. The Morgan fingerprint density at radius 1 is 0.862 bits per heavy atom. The van der Waals surface area contributed by atoms with Crippen molar-refractivity contribution in [1.29, 1.82) is 0 Å². The van der Waals surface area contributed by atoms with E-state index in [9.17, 15) is 24.0 Å². The Morgan fingerprint density at radius 3 is 2.09 bits per heavy atom. The van der Waals surface area contributed by atoms with E-state index in [1.807, 2.05) is 27.7 Å². The number of carbonyl (C=O) groups excluding carboxylic acids is 4. The zero-order valence-electron chi connectivity index (χ0n) is 33.4. The number of methoxy groups -OCH3 is 2. The molecule has 4 atom stereocenters. The fourth-order valence-corrected chi connectivity index (χ4v) is 8.21. The molecule has 3 aliphatic rings. The lowest BCUT2D eigenvalue weighted by Crippen LogP contribution is -2.53. The smallest absolute Gasteiger partial charge is 0.407 e. The maximum Gasteiger partial charge on any atom is 0.407 e. The molecule has 3 aliphatic heterocycles. The van der Waals surface area contributed by atoms with Crippen LogP contribution >= 0.6 is 0 Å². The first-order valence-corrected chi connectivity index (χ1v) is 19.6. The van der Waals surface area contributed by atoms with Gasteiger partial charge >= 0.3 is 12.2 Å². The minimum absolute atomic E-state index is 0.0849. The standard InChI is InChI=1S/C42H48FN7O8/c1-21(2)35(47-41(54)56-5)39(52)49-13-7-9-31(49)29-16-24(19-44-29)25-18-34-27(17-28(25)43)37(51)26-15-23(11-12-33(26)58-34)30-20-45-38(46-30)32-10-8-14-50(32)40(53)36(22(3)4)48-42(55)57-6/h11-12,15,17-22,31-32,35-36H,7-10,13-14,16H2,1-6H3,(H,45,46)(H,47,54)(H,48,55)/t31-,32-,35-,36-/m0/s1. The molecule has 0 spiro atoms. The number of amides is 4. The van der Waals surface area contributed by atoms with Crippen LogP contribution in [0.15, 0.2) is 56.9 Å². The van der Waals surface area contributed by atoms with E-state index in [-0.39, 0.29) is 57.7 Å². The normalized spacial score (nSPS) is 19.1. The van der Waals surface area contributed by atoms with Gasteiger partial charge in [-0.05, 0) is 73.4 Å². The molecule has 0 radical (unpaired) electrons. The van der Waals surface area contributed by atoms with Crippen LogP contribution in [0.1, 0.15) is 77.2 Å². The number of alkyl carbamates (subject to hydrolysis) is 2. The van der Waals surface area contributed by atoms with Gasteiger partial charge in [-0.25, -0.2) is 19.0 Å². The van der Waals surface area contributed by atoms with Crippen molar-refractivity contribution in [2.75, 3.05) is 27.3 Å². The third-order valence-corrected chi connectivity index (χ3v) is 11.3. The Kier molecular flexibility index (Phi) is 11.4. The first-order valence-electron chi connectivity index (χ1n) is 19.6. The second kappa shape index (κ2) is 16.4. The number of aliphatic imine (C=N–C) groups is 1. The van der Waals surface area contributed by atoms with Gasteiger partial charge < -0.3 is 39.3 Å². The number of nitrogens with zero attached hydrogens (tertiary/aromatic N) is 4. The summed E-state index contributed by atoms with van der Waals surface area (Å²) in [7, 11) is 2.50. The molecule has 2 fully saturated rings. The fraction of sp³-hybridized carbons (Fsp3) is 0.452. The Morgan fingerprint density at radius 2 is 1.47 bits per heavy atom. The van der Waals surface area contributed by atoms with Gasteiger partial charge in [-0.1, -0.05) is 27.7 Å². The third-order valence-electron chi connectivity index (χ3n) is 11.3. The molecule has 0 bridgehead atoms. The van der Waals surface area contributed by atoms with Crippen molar-refractivity contribution in [3.05, 3.63) is 70.2 Å². The summed E-state index contributed by atoms with van der Waals surface area (Å²) in [6, 6.07) is 5.70. The summed E-state index contributed by atoms with van der Waals surface area (Å²) in [5, 5.41) is 5.65. The van der Waals surface area contributed by atoms with Crippen LogP contribution in [0.3, 0.4) is 0 Å². The maximum atomic E-state index is 15.9. The van der Waals surface area contributed by atoms with Crippen LogP contribution in [-0.4, -0.2) is 94.9 Å². The van der Waals surface area contributed by atoms with E-state index >= 15 is 4.39 Å². The zero-order valence-corrected chi connectivity index (χ0v) is 33.4. The van der Waals surface area contributed by atoms with Gasteiger partial charge in [0, 0.05) is 42.5 Å². The van der Waals surface area contributed by atoms with Gasteiger partial charge in [0.05, 0.1) is 49.0 Å². The Bertz CT molecular complexity index is 2400. The lowest BCUT2D eigenvalue weighted by Gasteiger charge is -2.31. The monoisotopic (exact) mass is 797 g/mol. The molecule has 0 unspecified atom stereocenters. The quantitative estimate of drug-likeness (QED) is 0.160. The number of hydrogen-bond donors (Lipinski definition) is 3. The van der Waals surface area contributed by atoms with E-state index in [0.717, 1.165) is 18.6 Å². The van der Waals surface area contributed by atoms with Gasteiger partial charge in [-0.3, -0.25) is 19.4 Å². The SMILES string of the molecule is COC(=O)N[C@H](C(=O)N1CCC[C@H]1C1=NC=C(c2cc3oc4ccc(-c5cnc([C@@H]6CCCN6C(=O)[C@@H](NC(=O)OC)C(C)C)[nH]5)cc4c(=O)c3cc2F)C1)C(C)C. The molecule has 5 heterocycles. The number of halogens is 1. The lowest BCUT2D eigenvalue weighted by molar-refractivity contribution is -0.135. The summed E-state index contributed by atoms with van der Waals surface area (Å²) in [6.07, 6.45) is 5.08. The summed E-state index contributed by atoms with van der Waals surface area (Å²) in [5.41, 5.74) is 2.98.